The molecule has 0 aromatic heterocycles. The molecule has 0 spiro atoms. The molecule has 0 aliphatic rings. The minimum atomic E-state index is -1.33. The fourth-order valence-electron chi connectivity index (χ4n) is 1.82. The summed E-state index contributed by atoms with van der Waals surface area (Å²) in [6.07, 6.45) is 1.72. The molecule has 0 saturated carbocycles. The van der Waals surface area contributed by atoms with Gasteiger partial charge in [-0.3, -0.25) is 11.1 Å². The minimum Gasteiger partial charge on any atom is -0.357 e. The van der Waals surface area contributed by atoms with Crippen molar-refractivity contribution in [3.05, 3.63) is 0 Å². The number of nitrogens with two attached hydrogens (primary N) is 2. The van der Waals surface area contributed by atoms with Gasteiger partial charge < -0.3 is 19.9 Å². The molecule has 1 unspecified atom stereocenters. The van der Waals surface area contributed by atoms with Gasteiger partial charge in [-0.2, -0.15) is 0 Å². The Hall–Kier alpha value is -0.0231. The van der Waals surface area contributed by atoms with Crippen molar-refractivity contribution in [2.75, 3.05) is 34.4 Å². The van der Waals surface area contributed by atoms with Gasteiger partial charge >= 0.3 is 0 Å². The number of rotatable bonds is 10. The zero-order valence-electron chi connectivity index (χ0n) is 11.4. The Labute approximate surface area is 107 Å². The van der Waals surface area contributed by atoms with Crippen LogP contribution in [0.3, 0.4) is 0 Å². The predicted molar refractivity (Wildman–Crippen MR) is 71.7 cm³/mol. The first-order valence-corrected chi connectivity index (χ1v) is 7.36. The Balaban J connectivity index is 4.99. The van der Waals surface area contributed by atoms with Crippen molar-refractivity contribution in [1.82, 2.24) is 5.32 Å². The molecule has 17 heavy (non-hydrogen) atoms. The second-order valence-electron chi connectivity index (χ2n) is 3.93. The zero-order chi connectivity index (χ0) is 13.4. The predicted octanol–water partition coefficient (Wildman–Crippen LogP) is -1.65. The van der Waals surface area contributed by atoms with Gasteiger partial charge in [-0.05, 0) is 6.42 Å². The first-order valence-electron chi connectivity index (χ1n) is 5.95. The van der Waals surface area contributed by atoms with Crippen molar-refractivity contribution in [3.63, 3.8) is 0 Å². The van der Waals surface area contributed by atoms with E-state index in [4.69, 9.17) is 25.7 Å². The van der Waals surface area contributed by atoms with Crippen molar-refractivity contribution in [3.8, 4) is 0 Å². The Bertz CT molecular complexity index is 195. The zero-order valence-corrected chi connectivity index (χ0v) is 13.4. The molecule has 0 amide bonds. The van der Waals surface area contributed by atoms with Crippen LogP contribution in [0, 0.1) is 0 Å². The second-order valence-corrected chi connectivity index (χ2v) is 4.93. The van der Waals surface area contributed by atoms with Crippen LogP contribution >= 0.6 is 0 Å². The lowest BCUT2D eigenvalue weighted by Gasteiger charge is -2.45. The van der Waals surface area contributed by atoms with Gasteiger partial charge in [-0.1, -0.05) is 12.5 Å². The Kier molecular flexibility index (Phi) is 8.13. The van der Waals surface area contributed by atoms with E-state index < -0.39 is 11.6 Å². The summed E-state index contributed by atoms with van der Waals surface area (Å²) in [4.78, 5) is 0. The number of hydrogen-bond donors (Lipinski definition) is 3. The quantitative estimate of drug-likeness (QED) is 0.324. The Morgan fingerprint density at radius 1 is 1.18 bits per heavy atom. The van der Waals surface area contributed by atoms with Crippen LogP contribution < -0.4 is 16.8 Å². The van der Waals surface area contributed by atoms with Crippen LogP contribution in [0.5, 0.6) is 0 Å². The van der Waals surface area contributed by atoms with Gasteiger partial charge in [-0.25, -0.2) is 0 Å². The second kappa shape index (κ2) is 8.14. The summed E-state index contributed by atoms with van der Waals surface area (Å²) in [7, 11) is 5.75. The smallest absolute Gasteiger partial charge is 0.269 e. The van der Waals surface area contributed by atoms with Gasteiger partial charge in [0.05, 0.1) is 0 Å². The highest BCUT2D eigenvalue weighted by Gasteiger charge is 2.50. The fourth-order valence-corrected chi connectivity index (χ4v) is 2.17. The van der Waals surface area contributed by atoms with Crippen LogP contribution in [0.25, 0.3) is 0 Å². The fraction of sp³-hybridized carbons (Fsp3) is 1.00. The summed E-state index contributed by atoms with van der Waals surface area (Å²) < 4.78 is 16.1. The van der Waals surface area contributed by atoms with Gasteiger partial charge in [0.15, 0.2) is 5.72 Å². The molecule has 0 saturated heterocycles. The molecule has 0 radical (unpaired) electrons. The summed E-state index contributed by atoms with van der Waals surface area (Å²) in [6.45, 7) is 1.08. The lowest BCUT2D eigenvalue weighted by molar-refractivity contribution is -0.318. The first-order chi connectivity index (χ1) is 8.05. The molecule has 0 rings (SSSR count). The van der Waals surface area contributed by atoms with E-state index in [1.54, 1.807) is 7.11 Å². The Morgan fingerprint density at radius 2 is 1.76 bits per heavy atom. The molecule has 0 fully saturated rings. The van der Waals surface area contributed by atoms with E-state index in [1.165, 1.54) is 20.3 Å². The summed E-state index contributed by atoms with van der Waals surface area (Å²) in [5.74, 6) is -1.33. The van der Waals surface area contributed by atoms with Gasteiger partial charge in [-0.15, -0.1) is 0 Å². The third-order valence-electron chi connectivity index (χ3n) is 2.96. The van der Waals surface area contributed by atoms with E-state index in [-0.39, 0.29) is 0 Å². The molecular formula is C10H27N3O3Si. The maximum Gasteiger partial charge on any atom is 0.269 e. The van der Waals surface area contributed by atoms with E-state index in [9.17, 15) is 0 Å². The third kappa shape index (κ3) is 3.99. The monoisotopic (exact) mass is 265 g/mol. The van der Waals surface area contributed by atoms with Gasteiger partial charge in [0.1, 0.15) is 0 Å². The maximum atomic E-state index is 6.11. The van der Waals surface area contributed by atoms with Crippen LogP contribution in [-0.4, -0.2) is 56.3 Å². The number of hydrogen-bond acceptors (Lipinski definition) is 6. The summed E-state index contributed by atoms with van der Waals surface area (Å²) in [5.41, 5.74) is 10.7. The normalized spacial score (nSPS) is 16.1. The van der Waals surface area contributed by atoms with Gasteiger partial charge in [0.25, 0.3) is 5.91 Å². The van der Waals surface area contributed by atoms with Gasteiger partial charge in [0.2, 0.25) is 0 Å². The Morgan fingerprint density at radius 3 is 2.12 bits per heavy atom. The molecule has 1 atom stereocenters. The lowest BCUT2D eigenvalue weighted by atomic mass is 10.0. The van der Waals surface area contributed by atoms with E-state index in [2.05, 4.69) is 5.32 Å². The van der Waals surface area contributed by atoms with Crippen LogP contribution in [0.1, 0.15) is 12.8 Å². The average Bonchev–Trinajstić information content (AvgIpc) is 2.38. The van der Waals surface area contributed by atoms with Crippen LogP contribution in [-0.2, 0) is 14.2 Å². The standard InChI is InChI=1S/C10H27N3O3Si/c1-14-9(5-4-8-17,13-7-6-11)10(12,15-2)16-3/h13H,4-8,11-12H2,1-3,17H3. The van der Waals surface area contributed by atoms with Crippen molar-refractivity contribution in [2.45, 2.75) is 30.5 Å². The molecule has 0 aromatic carbocycles. The maximum absolute atomic E-state index is 6.11. The van der Waals surface area contributed by atoms with Crippen LogP contribution in [0.4, 0.5) is 0 Å². The van der Waals surface area contributed by atoms with Crippen molar-refractivity contribution in [1.29, 1.82) is 0 Å². The van der Waals surface area contributed by atoms with E-state index in [1.807, 2.05) is 0 Å². The van der Waals surface area contributed by atoms with E-state index >= 15 is 0 Å². The topological polar surface area (TPSA) is 91.8 Å². The largest absolute Gasteiger partial charge is 0.357 e. The first kappa shape index (κ1) is 17.0. The summed E-state index contributed by atoms with van der Waals surface area (Å²) >= 11 is 0. The molecule has 6 nitrogen and oxygen atoms in total. The molecule has 0 bridgehead atoms. The van der Waals surface area contributed by atoms with E-state index in [0.717, 1.165) is 16.7 Å². The van der Waals surface area contributed by atoms with Crippen LogP contribution in [0.2, 0.25) is 6.04 Å². The molecule has 0 aromatic rings. The molecular weight excluding hydrogens is 238 g/mol. The minimum absolute atomic E-state index is 0.496. The molecule has 0 aliphatic carbocycles. The molecule has 7 heteroatoms. The van der Waals surface area contributed by atoms with E-state index in [0.29, 0.717) is 19.5 Å². The lowest BCUT2D eigenvalue weighted by Crippen LogP contribution is -2.71. The SMILES string of the molecule is COC(CCC[SiH3])(NCCN)C(N)(OC)OC. The van der Waals surface area contributed by atoms with Crippen molar-refractivity contribution < 1.29 is 14.2 Å². The van der Waals surface area contributed by atoms with Crippen molar-refractivity contribution >= 4 is 10.2 Å². The molecule has 0 heterocycles. The highest BCUT2D eigenvalue weighted by Crippen LogP contribution is 2.28. The molecule has 104 valence electrons. The van der Waals surface area contributed by atoms with Crippen molar-refractivity contribution in [2.24, 2.45) is 11.5 Å². The molecule has 5 N–H and O–H groups in total. The average molecular weight is 265 g/mol. The third-order valence-corrected chi connectivity index (χ3v) is 3.66. The highest BCUT2D eigenvalue weighted by molar-refractivity contribution is 6.08. The summed E-state index contributed by atoms with van der Waals surface area (Å²) in [5, 5.41) is 3.20. The molecule has 0 aliphatic heterocycles. The van der Waals surface area contributed by atoms with Crippen LogP contribution in [0.15, 0.2) is 0 Å². The summed E-state index contributed by atoms with van der Waals surface area (Å²) in [6, 6.07) is 1.17. The van der Waals surface area contributed by atoms with Gasteiger partial charge in [0, 0.05) is 44.7 Å². The number of methoxy groups -OCH3 is 3. The highest BCUT2D eigenvalue weighted by atomic mass is 28.1. The number of ether oxygens (including phenoxy) is 3. The number of nitrogens with one attached hydrogen (secondary N) is 1.